The van der Waals surface area contributed by atoms with E-state index < -0.39 is 24.3 Å². The molecule has 35 heavy (non-hydrogen) atoms. The first kappa shape index (κ1) is 22.6. The Hall–Kier alpha value is -4.14. The van der Waals surface area contributed by atoms with E-state index >= 15 is 0 Å². The van der Waals surface area contributed by atoms with Crippen molar-refractivity contribution in [2.75, 3.05) is 13.2 Å². The quantitative estimate of drug-likeness (QED) is 0.278. The summed E-state index contributed by atoms with van der Waals surface area (Å²) in [5, 5.41) is 33.2. The van der Waals surface area contributed by atoms with Gasteiger partial charge in [-0.25, -0.2) is 9.59 Å². The number of aromatic nitrogens is 1. The summed E-state index contributed by atoms with van der Waals surface area (Å²) in [5.74, 6) is -1.18. The highest BCUT2D eigenvalue weighted by molar-refractivity contribution is 6.03. The smallest absolute Gasteiger partial charge is 0.407 e. The van der Waals surface area contributed by atoms with E-state index in [9.17, 15) is 24.9 Å². The summed E-state index contributed by atoms with van der Waals surface area (Å²) >= 11 is 0. The number of aromatic carboxylic acids is 1. The van der Waals surface area contributed by atoms with Crippen LogP contribution in [-0.4, -0.2) is 51.6 Å². The first-order chi connectivity index (χ1) is 16.9. The standard InChI is InChI=1S/C27H24N2O6/c30-24(25(31)15-9-10-23-20(11-15)21(12-28-23)26(32)33)13-29-27(34)35-14-22-18-7-3-1-5-16(18)17-6-2-4-8-19(17)22/h1-12,22,24-25,28,30-31H,13-14H2,(H,29,34)(H,32,33). The second-order valence-corrected chi connectivity index (χ2v) is 8.53. The molecule has 0 radical (unpaired) electrons. The van der Waals surface area contributed by atoms with Crippen molar-refractivity contribution in [1.29, 1.82) is 0 Å². The average Bonchev–Trinajstić information content (AvgIpc) is 3.44. The number of amides is 1. The van der Waals surface area contributed by atoms with E-state index in [1.165, 1.54) is 12.3 Å². The number of H-pyrrole nitrogens is 1. The van der Waals surface area contributed by atoms with E-state index in [0.29, 0.717) is 16.5 Å². The third-order valence-electron chi connectivity index (χ3n) is 6.44. The van der Waals surface area contributed by atoms with Crippen LogP contribution in [0, 0.1) is 0 Å². The maximum Gasteiger partial charge on any atom is 0.407 e. The first-order valence-electron chi connectivity index (χ1n) is 11.2. The van der Waals surface area contributed by atoms with Crippen LogP contribution >= 0.6 is 0 Å². The zero-order valence-corrected chi connectivity index (χ0v) is 18.6. The van der Waals surface area contributed by atoms with E-state index in [2.05, 4.69) is 22.4 Å². The zero-order chi connectivity index (χ0) is 24.5. The van der Waals surface area contributed by atoms with E-state index in [0.717, 1.165) is 22.3 Å². The molecule has 1 aromatic heterocycles. The second-order valence-electron chi connectivity index (χ2n) is 8.53. The number of hydrogen-bond acceptors (Lipinski definition) is 5. The Bertz CT molecular complexity index is 1370. The molecule has 0 aliphatic heterocycles. The Morgan fingerprint density at radius 2 is 1.63 bits per heavy atom. The molecular formula is C27H24N2O6. The van der Waals surface area contributed by atoms with Crippen LogP contribution in [0.1, 0.15) is 39.1 Å². The van der Waals surface area contributed by atoms with Crippen molar-refractivity contribution in [3.8, 4) is 11.1 Å². The van der Waals surface area contributed by atoms with Crippen LogP contribution in [0.3, 0.4) is 0 Å². The molecule has 1 amide bonds. The summed E-state index contributed by atoms with van der Waals surface area (Å²) < 4.78 is 5.45. The number of alkyl carbamates (subject to hydrolysis) is 1. The minimum absolute atomic E-state index is 0.0697. The number of carboxylic acids is 1. The normalized spacial score (nSPS) is 14.2. The fourth-order valence-electron chi connectivity index (χ4n) is 4.67. The van der Waals surface area contributed by atoms with Gasteiger partial charge in [0.2, 0.25) is 0 Å². The molecule has 2 unspecified atom stereocenters. The topological polar surface area (TPSA) is 132 Å². The number of carbonyl (C=O) groups is 2. The average molecular weight is 472 g/mol. The van der Waals surface area contributed by atoms with Gasteiger partial charge in [0.05, 0.1) is 5.56 Å². The molecule has 5 rings (SSSR count). The fourth-order valence-corrected chi connectivity index (χ4v) is 4.67. The number of fused-ring (bicyclic) bond motifs is 4. The molecule has 5 N–H and O–H groups in total. The number of benzene rings is 3. The van der Waals surface area contributed by atoms with Gasteiger partial charge < -0.3 is 30.4 Å². The summed E-state index contributed by atoms with van der Waals surface area (Å²) in [5.41, 5.74) is 5.45. The Kier molecular flexibility index (Phi) is 5.98. The zero-order valence-electron chi connectivity index (χ0n) is 18.6. The molecule has 0 spiro atoms. The summed E-state index contributed by atoms with van der Waals surface area (Å²) in [6, 6.07) is 20.8. The Labute approximate surface area is 200 Å². The van der Waals surface area contributed by atoms with Crippen molar-refractivity contribution in [2.45, 2.75) is 18.1 Å². The number of hydrogen-bond donors (Lipinski definition) is 5. The van der Waals surface area contributed by atoms with Gasteiger partial charge in [-0.15, -0.1) is 0 Å². The molecule has 1 aliphatic carbocycles. The number of rotatable bonds is 7. The minimum Gasteiger partial charge on any atom is -0.478 e. The highest BCUT2D eigenvalue weighted by atomic mass is 16.5. The van der Waals surface area contributed by atoms with Gasteiger partial charge in [0.1, 0.15) is 18.8 Å². The highest BCUT2D eigenvalue weighted by Gasteiger charge is 2.29. The molecular weight excluding hydrogens is 448 g/mol. The monoisotopic (exact) mass is 472 g/mol. The van der Waals surface area contributed by atoms with E-state index in [-0.39, 0.29) is 24.6 Å². The van der Waals surface area contributed by atoms with Gasteiger partial charge in [-0.3, -0.25) is 0 Å². The van der Waals surface area contributed by atoms with E-state index in [1.807, 2.05) is 36.4 Å². The SMILES string of the molecule is O=C(NCC(O)C(O)c1ccc2[nH]cc(C(=O)O)c2c1)OCC1c2ccccc2-c2ccccc21. The molecule has 8 nitrogen and oxygen atoms in total. The van der Waals surface area contributed by atoms with Gasteiger partial charge in [0.25, 0.3) is 0 Å². The number of aliphatic hydroxyl groups is 2. The van der Waals surface area contributed by atoms with Crippen molar-refractivity contribution in [1.82, 2.24) is 10.3 Å². The van der Waals surface area contributed by atoms with Crippen molar-refractivity contribution in [2.24, 2.45) is 0 Å². The van der Waals surface area contributed by atoms with Crippen LogP contribution in [0.25, 0.3) is 22.0 Å². The molecule has 178 valence electrons. The Morgan fingerprint density at radius 3 is 2.29 bits per heavy atom. The molecule has 1 heterocycles. The molecule has 8 heteroatoms. The van der Waals surface area contributed by atoms with E-state index in [1.54, 1.807) is 12.1 Å². The van der Waals surface area contributed by atoms with E-state index in [4.69, 9.17) is 4.74 Å². The maximum absolute atomic E-state index is 12.4. The molecule has 0 bridgehead atoms. The molecule has 0 fully saturated rings. The Morgan fingerprint density at radius 1 is 0.971 bits per heavy atom. The van der Waals surface area contributed by atoms with Crippen LogP contribution in [0.15, 0.2) is 72.9 Å². The number of carbonyl (C=O) groups excluding carboxylic acids is 1. The summed E-state index contributed by atoms with van der Waals surface area (Å²) in [7, 11) is 0. The lowest BCUT2D eigenvalue weighted by Gasteiger charge is -2.19. The molecule has 2 atom stereocenters. The number of ether oxygens (including phenoxy) is 1. The third kappa shape index (κ3) is 4.25. The van der Waals surface area contributed by atoms with Crippen LogP contribution in [0.4, 0.5) is 4.79 Å². The molecule has 0 saturated carbocycles. The van der Waals surface area contributed by atoms with Crippen LogP contribution in [0.2, 0.25) is 0 Å². The summed E-state index contributed by atoms with van der Waals surface area (Å²) in [4.78, 5) is 26.6. The lowest BCUT2D eigenvalue weighted by Crippen LogP contribution is -2.36. The molecule has 1 aliphatic rings. The number of aliphatic hydroxyl groups excluding tert-OH is 2. The predicted molar refractivity (Wildman–Crippen MR) is 129 cm³/mol. The lowest BCUT2D eigenvalue weighted by molar-refractivity contribution is 0.0186. The number of nitrogens with one attached hydrogen (secondary N) is 2. The van der Waals surface area contributed by atoms with Gasteiger partial charge in [-0.2, -0.15) is 0 Å². The van der Waals surface area contributed by atoms with Gasteiger partial charge >= 0.3 is 12.1 Å². The fraction of sp³-hybridized carbons (Fsp3) is 0.185. The number of carboxylic acid groups (broad SMARTS) is 1. The molecule has 0 saturated heterocycles. The minimum atomic E-state index is -1.33. The van der Waals surface area contributed by atoms with Crippen molar-refractivity contribution in [3.63, 3.8) is 0 Å². The molecule has 3 aromatic carbocycles. The summed E-state index contributed by atoms with van der Waals surface area (Å²) in [6.07, 6.45) is -1.98. The predicted octanol–water partition coefficient (Wildman–Crippen LogP) is 3.80. The van der Waals surface area contributed by atoms with Crippen LogP contribution < -0.4 is 5.32 Å². The van der Waals surface area contributed by atoms with Gasteiger partial charge in [0.15, 0.2) is 0 Å². The molecule has 4 aromatic rings. The largest absolute Gasteiger partial charge is 0.478 e. The van der Waals surface area contributed by atoms with Crippen molar-refractivity contribution < 1.29 is 29.6 Å². The van der Waals surface area contributed by atoms with Crippen LogP contribution in [0.5, 0.6) is 0 Å². The lowest BCUT2D eigenvalue weighted by atomic mass is 9.98. The second kappa shape index (κ2) is 9.25. The Balaban J connectivity index is 1.20. The first-order valence-corrected chi connectivity index (χ1v) is 11.2. The highest BCUT2D eigenvalue weighted by Crippen LogP contribution is 2.44. The number of aromatic amines is 1. The van der Waals surface area contributed by atoms with Gasteiger partial charge in [0, 0.05) is 29.6 Å². The van der Waals surface area contributed by atoms with Crippen molar-refractivity contribution in [3.05, 3.63) is 95.2 Å². The summed E-state index contributed by atoms with van der Waals surface area (Å²) in [6.45, 7) is -0.102. The van der Waals surface area contributed by atoms with Crippen LogP contribution in [-0.2, 0) is 4.74 Å². The third-order valence-corrected chi connectivity index (χ3v) is 6.44. The van der Waals surface area contributed by atoms with Gasteiger partial charge in [-0.1, -0.05) is 54.6 Å². The maximum atomic E-state index is 12.4. The van der Waals surface area contributed by atoms with Gasteiger partial charge in [-0.05, 0) is 39.9 Å². The van der Waals surface area contributed by atoms with Crippen molar-refractivity contribution >= 4 is 23.0 Å².